The normalized spacial score (nSPS) is 19.4. The highest BCUT2D eigenvalue weighted by Gasteiger charge is 2.42. The van der Waals surface area contributed by atoms with Crippen molar-refractivity contribution in [3.05, 3.63) is 91.9 Å². The van der Waals surface area contributed by atoms with Crippen LogP contribution in [0, 0.1) is 0 Å². The Morgan fingerprint density at radius 2 is 1.74 bits per heavy atom. The van der Waals surface area contributed by atoms with Crippen LogP contribution in [0.4, 0.5) is 5.69 Å². The minimum Gasteiger partial charge on any atom is -0.463 e. The summed E-state index contributed by atoms with van der Waals surface area (Å²) >= 11 is 16.4. The summed E-state index contributed by atoms with van der Waals surface area (Å²) in [6.07, 6.45) is 0.376. The van der Waals surface area contributed by atoms with Gasteiger partial charge in [0, 0.05) is 46.8 Å². The highest BCUT2D eigenvalue weighted by Crippen LogP contribution is 2.50. The summed E-state index contributed by atoms with van der Waals surface area (Å²) in [4.78, 5) is 2.07. The number of benzene rings is 3. The molecule has 0 N–H and O–H groups in total. The van der Waals surface area contributed by atoms with E-state index in [1.807, 2.05) is 37.3 Å². The summed E-state index contributed by atoms with van der Waals surface area (Å²) in [5, 5.41) is 8.15. The average Bonchev–Trinajstić information content (AvgIpc) is 3.19. The topological polar surface area (TPSA) is 28.1 Å². The van der Waals surface area contributed by atoms with E-state index < -0.39 is 0 Å². The molecule has 158 valence electrons. The molecule has 2 atom stereocenters. The van der Waals surface area contributed by atoms with Gasteiger partial charge in [0.2, 0.25) is 6.23 Å². The van der Waals surface area contributed by atoms with Crippen LogP contribution in [0.25, 0.3) is 0 Å². The summed E-state index contributed by atoms with van der Waals surface area (Å²) in [5.41, 5.74) is 5.22. The summed E-state index contributed by atoms with van der Waals surface area (Å²) < 4.78 is 7.47. The van der Waals surface area contributed by atoms with E-state index in [0.717, 1.165) is 39.0 Å². The highest BCUT2D eigenvalue weighted by atomic mass is 79.9. The fourth-order valence-electron chi connectivity index (χ4n) is 4.09. The minimum atomic E-state index is -0.375. The Morgan fingerprint density at radius 3 is 2.42 bits per heavy atom. The van der Waals surface area contributed by atoms with Gasteiger partial charge in [0.1, 0.15) is 5.75 Å². The van der Waals surface area contributed by atoms with Gasteiger partial charge in [-0.25, -0.2) is 5.01 Å². The maximum absolute atomic E-state index is 6.55. The van der Waals surface area contributed by atoms with Crippen molar-refractivity contribution in [3.8, 4) is 5.75 Å². The smallest absolute Gasteiger partial charge is 0.213 e. The Labute approximate surface area is 200 Å². The lowest BCUT2D eigenvalue weighted by Crippen LogP contribution is -2.33. The Bertz CT molecular complexity index is 1160. The number of fused-ring (bicyclic) bond motifs is 3. The third kappa shape index (κ3) is 3.79. The molecule has 2 unspecified atom stereocenters. The van der Waals surface area contributed by atoms with E-state index in [0.29, 0.717) is 15.8 Å². The number of rotatable bonds is 3. The fourth-order valence-corrected chi connectivity index (χ4v) is 4.91. The standard InChI is InChI=1S/C24H20BrCl2N3O/c1-29(2)18-9-5-15(6-10-18)24-30-22(19-11-17(26)12-20(27)23(19)31-24)13-21(28-30)14-3-7-16(25)8-4-14/h3-12,22,24H,13H2,1-2H3. The van der Waals surface area contributed by atoms with E-state index in [-0.39, 0.29) is 12.3 Å². The number of hydrogen-bond acceptors (Lipinski definition) is 4. The van der Waals surface area contributed by atoms with Gasteiger partial charge >= 0.3 is 0 Å². The molecule has 31 heavy (non-hydrogen) atoms. The van der Waals surface area contributed by atoms with Gasteiger partial charge in [-0.3, -0.25) is 0 Å². The van der Waals surface area contributed by atoms with E-state index in [4.69, 9.17) is 33.0 Å². The third-order valence-electron chi connectivity index (χ3n) is 5.68. The molecule has 3 aromatic rings. The molecule has 0 spiro atoms. The summed E-state index contributed by atoms with van der Waals surface area (Å²) in [5.74, 6) is 0.682. The number of anilines is 1. The number of hydrazone groups is 1. The molecule has 4 nitrogen and oxygen atoms in total. The summed E-state index contributed by atoms with van der Waals surface area (Å²) in [6.45, 7) is 0. The molecule has 2 heterocycles. The zero-order valence-electron chi connectivity index (χ0n) is 17.0. The molecule has 3 aromatic carbocycles. The number of ether oxygens (including phenoxy) is 1. The molecule has 2 aliphatic rings. The van der Waals surface area contributed by atoms with Crippen LogP contribution in [-0.2, 0) is 0 Å². The maximum Gasteiger partial charge on any atom is 0.213 e. The molecule has 5 rings (SSSR count). The SMILES string of the molecule is CN(C)c1ccc(C2Oc3c(Cl)cc(Cl)cc3C3CC(c4ccc(Br)cc4)=NN32)cc1. The first kappa shape index (κ1) is 20.7. The van der Waals surface area contributed by atoms with Crippen molar-refractivity contribution < 1.29 is 4.74 Å². The van der Waals surface area contributed by atoms with Gasteiger partial charge in [0.05, 0.1) is 16.8 Å². The fraction of sp³-hybridized carbons (Fsp3) is 0.208. The van der Waals surface area contributed by atoms with Crippen LogP contribution in [-0.4, -0.2) is 24.8 Å². The molecule has 0 saturated heterocycles. The van der Waals surface area contributed by atoms with Crippen molar-refractivity contribution in [2.45, 2.75) is 18.7 Å². The Morgan fingerprint density at radius 1 is 1.03 bits per heavy atom. The number of nitrogens with zero attached hydrogens (tertiary/aromatic N) is 3. The van der Waals surface area contributed by atoms with Crippen LogP contribution in [0.2, 0.25) is 10.0 Å². The summed E-state index contributed by atoms with van der Waals surface area (Å²) in [6, 6.07) is 20.2. The highest BCUT2D eigenvalue weighted by molar-refractivity contribution is 9.10. The van der Waals surface area contributed by atoms with Gasteiger partial charge in [0.15, 0.2) is 0 Å². The van der Waals surface area contributed by atoms with Crippen molar-refractivity contribution in [1.29, 1.82) is 0 Å². The second-order valence-electron chi connectivity index (χ2n) is 7.92. The predicted molar refractivity (Wildman–Crippen MR) is 130 cm³/mol. The Hall–Kier alpha value is -2.21. The molecule has 0 aliphatic carbocycles. The lowest BCUT2D eigenvalue weighted by atomic mass is 9.96. The van der Waals surface area contributed by atoms with Gasteiger partial charge in [0.25, 0.3) is 0 Å². The molecule has 2 aliphatic heterocycles. The van der Waals surface area contributed by atoms with Gasteiger partial charge in [-0.05, 0) is 42.0 Å². The second-order valence-corrected chi connectivity index (χ2v) is 9.67. The average molecular weight is 517 g/mol. The molecule has 7 heteroatoms. The Balaban J connectivity index is 1.59. The maximum atomic E-state index is 6.55. The first-order valence-electron chi connectivity index (χ1n) is 9.95. The zero-order valence-corrected chi connectivity index (χ0v) is 20.1. The minimum absolute atomic E-state index is 0.00266. The van der Waals surface area contributed by atoms with Crippen molar-refractivity contribution in [2.24, 2.45) is 5.10 Å². The van der Waals surface area contributed by atoms with Gasteiger partial charge in [-0.15, -0.1) is 0 Å². The molecule has 0 bridgehead atoms. The van der Waals surface area contributed by atoms with Crippen LogP contribution in [0.15, 0.2) is 70.2 Å². The number of hydrogen-bond donors (Lipinski definition) is 0. The molecular weight excluding hydrogens is 497 g/mol. The van der Waals surface area contributed by atoms with Gasteiger partial charge < -0.3 is 9.64 Å². The third-order valence-corrected chi connectivity index (χ3v) is 6.71. The van der Waals surface area contributed by atoms with Gasteiger partial charge in [-0.1, -0.05) is 63.4 Å². The van der Waals surface area contributed by atoms with Crippen molar-refractivity contribution >= 4 is 50.5 Å². The van der Waals surface area contributed by atoms with Crippen LogP contribution >= 0.6 is 39.1 Å². The lowest BCUT2D eigenvalue weighted by Gasteiger charge is -2.38. The van der Waals surface area contributed by atoms with E-state index in [1.165, 1.54) is 0 Å². The second kappa shape index (κ2) is 8.05. The monoisotopic (exact) mass is 515 g/mol. The molecule has 0 fully saturated rings. The molecule has 0 aromatic heterocycles. The van der Waals surface area contributed by atoms with Crippen LogP contribution in [0.5, 0.6) is 5.75 Å². The van der Waals surface area contributed by atoms with Crippen LogP contribution in [0.1, 0.15) is 35.4 Å². The lowest BCUT2D eigenvalue weighted by molar-refractivity contribution is -0.0189. The Kier molecular flexibility index (Phi) is 5.37. The van der Waals surface area contributed by atoms with E-state index in [1.54, 1.807) is 6.07 Å². The molecule has 0 radical (unpaired) electrons. The first-order valence-corrected chi connectivity index (χ1v) is 11.5. The summed E-state index contributed by atoms with van der Waals surface area (Å²) in [7, 11) is 4.05. The first-order chi connectivity index (χ1) is 14.9. The van der Waals surface area contributed by atoms with E-state index in [9.17, 15) is 0 Å². The van der Waals surface area contributed by atoms with E-state index in [2.05, 4.69) is 57.2 Å². The largest absolute Gasteiger partial charge is 0.463 e. The number of halogens is 3. The van der Waals surface area contributed by atoms with Crippen molar-refractivity contribution in [1.82, 2.24) is 5.01 Å². The van der Waals surface area contributed by atoms with Crippen molar-refractivity contribution in [2.75, 3.05) is 19.0 Å². The molecule has 0 saturated carbocycles. The molecular formula is C24H20BrCl2N3O. The quantitative estimate of drug-likeness (QED) is 0.372. The van der Waals surface area contributed by atoms with Crippen LogP contribution < -0.4 is 9.64 Å². The van der Waals surface area contributed by atoms with Crippen molar-refractivity contribution in [3.63, 3.8) is 0 Å². The molecule has 0 amide bonds. The van der Waals surface area contributed by atoms with E-state index >= 15 is 0 Å². The van der Waals surface area contributed by atoms with Crippen LogP contribution in [0.3, 0.4) is 0 Å². The van der Waals surface area contributed by atoms with Gasteiger partial charge in [-0.2, -0.15) is 5.10 Å². The zero-order chi connectivity index (χ0) is 21.7. The predicted octanol–water partition coefficient (Wildman–Crippen LogP) is 7.06.